The second-order valence-corrected chi connectivity index (χ2v) is 6.83. The third-order valence-electron chi connectivity index (χ3n) is 5.01. The van der Waals surface area contributed by atoms with Gasteiger partial charge in [0.15, 0.2) is 0 Å². The molecule has 0 aliphatic heterocycles. The lowest BCUT2D eigenvalue weighted by Gasteiger charge is -2.10. The van der Waals surface area contributed by atoms with Crippen LogP contribution in [-0.2, 0) is 18.4 Å². The second kappa shape index (κ2) is 8.29. The molecule has 2 aromatic carbocycles. The van der Waals surface area contributed by atoms with Gasteiger partial charge in [-0.3, -0.25) is 4.98 Å². The summed E-state index contributed by atoms with van der Waals surface area (Å²) in [5.41, 5.74) is 3.30. The highest BCUT2D eigenvalue weighted by Crippen LogP contribution is 2.37. The summed E-state index contributed by atoms with van der Waals surface area (Å²) >= 11 is 0. The molecular formula is C24H22N2O4. The Kier molecular flexibility index (Phi) is 5.39. The molecule has 4 rings (SSSR count). The van der Waals surface area contributed by atoms with Crippen molar-refractivity contribution in [3.63, 3.8) is 0 Å². The smallest absolute Gasteiger partial charge is 0.340 e. The topological polar surface area (TPSA) is 73.6 Å². The van der Waals surface area contributed by atoms with Crippen LogP contribution in [0.1, 0.15) is 23.0 Å². The summed E-state index contributed by atoms with van der Waals surface area (Å²) in [5.74, 6) is 0.335. The van der Waals surface area contributed by atoms with Gasteiger partial charge < -0.3 is 19.1 Å². The van der Waals surface area contributed by atoms with Gasteiger partial charge >= 0.3 is 5.97 Å². The van der Waals surface area contributed by atoms with Crippen molar-refractivity contribution >= 4 is 16.9 Å². The Morgan fingerprint density at radius 3 is 2.63 bits per heavy atom. The van der Waals surface area contributed by atoms with E-state index in [1.807, 2.05) is 60.1 Å². The number of benzene rings is 2. The van der Waals surface area contributed by atoms with Crippen molar-refractivity contribution in [1.29, 1.82) is 0 Å². The molecule has 2 heterocycles. The summed E-state index contributed by atoms with van der Waals surface area (Å²) in [6, 6.07) is 16.6. The van der Waals surface area contributed by atoms with Gasteiger partial charge in [0.2, 0.25) is 0 Å². The van der Waals surface area contributed by atoms with Crippen LogP contribution >= 0.6 is 0 Å². The van der Waals surface area contributed by atoms with Crippen molar-refractivity contribution in [1.82, 2.24) is 9.55 Å². The van der Waals surface area contributed by atoms with Gasteiger partial charge in [-0.15, -0.1) is 0 Å². The third-order valence-corrected chi connectivity index (χ3v) is 5.01. The maximum Gasteiger partial charge on any atom is 0.340 e. The van der Waals surface area contributed by atoms with E-state index in [1.54, 1.807) is 25.4 Å². The Bertz CT molecular complexity index is 1180. The number of rotatable bonds is 6. The van der Waals surface area contributed by atoms with Gasteiger partial charge in [0.25, 0.3) is 0 Å². The number of phenolic OH excluding ortho intramolecular Hbond substituents is 1. The fourth-order valence-electron chi connectivity index (χ4n) is 3.54. The van der Waals surface area contributed by atoms with Gasteiger partial charge in [-0.05, 0) is 37.3 Å². The summed E-state index contributed by atoms with van der Waals surface area (Å²) < 4.78 is 13.1. The second-order valence-electron chi connectivity index (χ2n) is 6.83. The van der Waals surface area contributed by atoms with Gasteiger partial charge in [-0.2, -0.15) is 0 Å². The van der Waals surface area contributed by atoms with Crippen molar-refractivity contribution in [2.75, 3.05) is 6.61 Å². The normalized spacial score (nSPS) is 10.9. The first-order chi connectivity index (χ1) is 14.6. The van der Waals surface area contributed by atoms with Gasteiger partial charge in [-0.1, -0.05) is 24.3 Å². The minimum Gasteiger partial charge on any atom is -0.507 e. The number of aromatic hydroxyl groups is 1. The number of fused-ring (bicyclic) bond motifs is 1. The minimum atomic E-state index is -0.441. The first kappa shape index (κ1) is 19.5. The number of aryl methyl sites for hydroxylation is 1. The van der Waals surface area contributed by atoms with Crippen LogP contribution in [0.15, 0.2) is 67.0 Å². The average Bonchev–Trinajstić information content (AvgIpc) is 3.04. The molecule has 6 nitrogen and oxygen atoms in total. The molecule has 2 aromatic heterocycles. The zero-order valence-electron chi connectivity index (χ0n) is 16.8. The van der Waals surface area contributed by atoms with Gasteiger partial charge in [-0.25, -0.2) is 4.79 Å². The van der Waals surface area contributed by atoms with E-state index in [9.17, 15) is 9.90 Å². The van der Waals surface area contributed by atoms with Crippen LogP contribution < -0.4 is 4.74 Å². The first-order valence-electron chi connectivity index (χ1n) is 9.69. The number of carbonyl (C=O) groups excluding carboxylic acids is 1. The number of aromatic nitrogens is 2. The van der Waals surface area contributed by atoms with Crippen LogP contribution in [0.2, 0.25) is 0 Å². The number of nitrogens with zero attached hydrogens (tertiary/aromatic N) is 2. The van der Waals surface area contributed by atoms with E-state index in [2.05, 4.69) is 4.98 Å². The molecule has 0 aliphatic rings. The zero-order chi connectivity index (χ0) is 21.1. The van der Waals surface area contributed by atoms with E-state index in [-0.39, 0.29) is 19.0 Å². The number of phenols is 1. The van der Waals surface area contributed by atoms with Crippen LogP contribution in [0.5, 0.6) is 11.5 Å². The molecule has 0 saturated heterocycles. The Morgan fingerprint density at radius 2 is 1.93 bits per heavy atom. The summed E-state index contributed by atoms with van der Waals surface area (Å²) in [6.45, 7) is 2.21. The van der Waals surface area contributed by atoms with E-state index in [0.717, 1.165) is 11.1 Å². The molecule has 0 atom stereocenters. The van der Waals surface area contributed by atoms with Gasteiger partial charge in [0, 0.05) is 41.5 Å². The number of ether oxygens (including phenoxy) is 2. The Hall–Kier alpha value is -3.80. The van der Waals surface area contributed by atoms with Crippen molar-refractivity contribution in [3.8, 4) is 22.6 Å². The third kappa shape index (κ3) is 3.59. The molecule has 0 amide bonds. The Balaban J connectivity index is 1.85. The summed E-state index contributed by atoms with van der Waals surface area (Å²) in [4.78, 5) is 16.9. The number of carbonyl (C=O) groups is 1. The van der Waals surface area contributed by atoms with Gasteiger partial charge in [0.05, 0.1) is 17.9 Å². The maximum absolute atomic E-state index is 12.8. The molecule has 152 valence electrons. The lowest BCUT2D eigenvalue weighted by Crippen LogP contribution is -2.11. The number of esters is 1. The largest absolute Gasteiger partial charge is 0.507 e. The first-order valence-corrected chi connectivity index (χ1v) is 9.69. The monoisotopic (exact) mass is 402 g/mol. The molecule has 0 aliphatic carbocycles. The summed E-state index contributed by atoms with van der Waals surface area (Å²) in [5, 5.41) is 11.3. The fraction of sp³-hybridized carbons (Fsp3) is 0.167. The molecule has 0 radical (unpaired) electrons. The van der Waals surface area contributed by atoms with E-state index >= 15 is 0 Å². The number of hydrogen-bond acceptors (Lipinski definition) is 5. The lowest BCUT2D eigenvalue weighted by atomic mass is 10.0. The van der Waals surface area contributed by atoms with Crippen LogP contribution in [0, 0.1) is 0 Å². The molecule has 0 fully saturated rings. The molecule has 0 bridgehead atoms. The molecule has 0 spiro atoms. The minimum absolute atomic E-state index is 0.0715. The number of hydrogen-bond donors (Lipinski definition) is 1. The lowest BCUT2D eigenvalue weighted by molar-refractivity contribution is 0.0525. The van der Waals surface area contributed by atoms with Crippen molar-refractivity contribution in [2.24, 2.45) is 7.05 Å². The molecular weight excluding hydrogens is 380 g/mol. The van der Waals surface area contributed by atoms with Crippen LogP contribution in [0.4, 0.5) is 0 Å². The van der Waals surface area contributed by atoms with E-state index in [1.165, 1.54) is 0 Å². The van der Waals surface area contributed by atoms with E-state index in [4.69, 9.17) is 9.47 Å². The van der Waals surface area contributed by atoms with E-state index < -0.39 is 5.97 Å². The number of para-hydroxylation sites is 1. The molecule has 0 saturated carbocycles. The van der Waals surface area contributed by atoms with Crippen molar-refractivity contribution in [3.05, 3.63) is 78.2 Å². The van der Waals surface area contributed by atoms with Crippen molar-refractivity contribution in [2.45, 2.75) is 13.5 Å². The summed E-state index contributed by atoms with van der Waals surface area (Å²) in [7, 11) is 1.87. The Morgan fingerprint density at radius 1 is 1.13 bits per heavy atom. The molecule has 6 heteroatoms. The highest BCUT2D eigenvalue weighted by Gasteiger charge is 2.24. The standard InChI is InChI=1S/C24H22N2O4/c1-3-29-24(28)23-19-13-22(27)18(16-8-7-11-25-14-16)12-20(19)26(2)21(23)15-30-17-9-5-4-6-10-17/h4-14,27H,3,15H2,1-2H3. The highest BCUT2D eigenvalue weighted by molar-refractivity contribution is 6.07. The highest BCUT2D eigenvalue weighted by atomic mass is 16.5. The quantitative estimate of drug-likeness (QED) is 0.473. The van der Waals surface area contributed by atoms with Crippen LogP contribution in [0.3, 0.4) is 0 Å². The number of pyridine rings is 1. The van der Waals surface area contributed by atoms with Gasteiger partial charge in [0.1, 0.15) is 18.1 Å². The average molecular weight is 402 g/mol. The maximum atomic E-state index is 12.8. The molecule has 4 aromatic rings. The fourth-order valence-corrected chi connectivity index (χ4v) is 3.54. The Labute approximate surface area is 174 Å². The van der Waals surface area contributed by atoms with Crippen molar-refractivity contribution < 1.29 is 19.4 Å². The summed E-state index contributed by atoms with van der Waals surface area (Å²) in [6.07, 6.45) is 3.37. The van der Waals surface area contributed by atoms with E-state index in [0.29, 0.717) is 28.0 Å². The zero-order valence-corrected chi connectivity index (χ0v) is 16.8. The van der Waals surface area contributed by atoms with Crippen LogP contribution in [-0.4, -0.2) is 27.2 Å². The van der Waals surface area contributed by atoms with Crippen LogP contribution in [0.25, 0.3) is 22.0 Å². The molecule has 1 N–H and O–H groups in total. The SMILES string of the molecule is CCOC(=O)c1c(COc2ccccc2)n(C)c2cc(-c3cccnc3)c(O)cc12. The molecule has 0 unspecified atom stereocenters. The predicted molar refractivity (Wildman–Crippen MR) is 115 cm³/mol. The molecule has 30 heavy (non-hydrogen) atoms. The predicted octanol–water partition coefficient (Wildman–Crippen LogP) is 4.70.